The van der Waals surface area contributed by atoms with Gasteiger partial charge in [0, 0.05) is 14.0 Å². The van der Waals surface area contributed by atoms with Gasteiger partial charge in [-0.1, -0.05) is 6.92 Å². The van der Waals surface area contributed by atoms with E-state index >= 15 is 0 Å². The van der Waals surface area contributed by atoms with Gasteiger partial charge in [-0.2, -0.15) is 0 Å². The number of sulfone groups is 1. The molecule has 0 unspecified atom stereocenters. The number of carbonyl (C=O) groups excluding carboxylic acids is 2. The first kappa shape index (κ1) is 19.1. The zero-order valence-corrected chi connectivity index (χ0v) is 15.0. The number of nitrogens with zero attached hydrogens (tertiary/aromatic N) is 2. The molecule has 128 valence electrons. The van der Waals surface area contributed by atoms with Crippen molar-refractivity contribution in [1.82, 2.24) is 4.98 Å². The van der Waals surface area contributed by atoms with Crippen molar-refractivity contribution in [2.24, 2.45) is 0 Å². The minimum absolute atomic E-state index is 0.197. The van der Waals surface area contributed by atoms with Crippen molar-refractivity contribution in [3.05, 3.63) is 18.0 Å². The molecule has 0 saturated heterocycles. The van der Waals surface area contributed by atoms with Gasteiger partial charge in [-0.3, -0.25) is 4.79 Å². The van der Waals surface area contributed by atoms with Crippen molar-refractivity contribution in [1.29, 1.82) is 0 Å². The molecular formula is C15H22N2O5S. The minimum atomic E-state index is -3.71. The van der Waals surface area contributed by atoms with E-state index in [1.807, 2.05) is 0 Å². The molecule has 23 heavy (non-hydrogen) atoms. The molecule has 0 radical (unpaired) electrons. The van der Waals surface area contributed by atoms with Crippen molar-refractivity contribution >= 4 is 27.4 Å². The van der Waals surface area contributed by atoms with Crippen LogP contribution in [0.15, 0.2) is 17.2 Å². The topological polar surface area (TPSA) is 93.6 Å². The number of anilines is 1. The molecule has 1 aromatic heterocycles. The third-order valence-corrected chi connectivity index (χ3v) is 4.75. The standard InChI is InChI=1S/C15H22N2O5S/c1-7-23(20,21)12-8-11(17(6)10(2)18)9-16-13(12)14(19)22-15(3,4)5/h8-9H,7H2,1-6H3. The van der Waals surface area contributed by atoms with Crippen molar-refractivity contribution in [2.45, 2.75) is 45.1 Å². The van der Waals surface area contributed by atoms with Crippen molar-refractivity contribution < 1.29 is 22.7 Å². The number of hydrogen-bond donors (Lipinski definition) is 0. The van der Waals surface area contributed by atoms with Crippen LogP contribution in [0.5, 0.6) is 0 Å². The number of esters is 1. The van der Waals surface area contributed by atoms with Crippen LogP contribution in [0, 0.1) is 0 Å². The van der Waals surface area contributed by atoms with Gasteiger partial charge in [0.2, 0.25) is 5.91 Å². The maximum atomic E-state index is 12.3. The summed E-state index contributed by atoms with van der Waals surface area (Å²) in [6.45, 7) is 7.84. The second kappa shape index (κ2) is 6.66. The first-order valence-corrected chi connectivity index (χ1v) is 8.74. The highest BCUT2D eigenvalue weighted by Gasteiger charge is 2.28. The highest BCUT2D eigenvalue weighted by molar-refractivity contribution is 7.91. The van der Waals surface area contributed by atoms with E-state index in [0.29, 0.717) is 0 Å². The van der Waals surface area contributed by atoms with E-state index in [9.17, 15) is 18.0 Å². The Hall–Kier alpha value is -1.96. The van der Waals surface area contributed by atoms with E-state index in [4.69, 9.17) is 4.74 Å². The Kier molecular flexibility index (Phi) is 5.52. The molecular weight excluding hydrogens is 320 g/mol. The fourth-order valence-electron chi connectivity index (χ4n) is 1.67. The van der Waals surface area contributed by atoms with Crippen LogP contribution in [0.2, 0.25) is 0 Å². The number of hydrogen-bond acceptors (Lipinski definition) is 6. The van der Waals surface area contributed by atoms with E-state index in [1.54, 1.807) is 20.8 Å². The lowest BCUT2D eigenvalue weighted by Crippen LogP contribution is -2.27. The third kappa shape index (κ3) is 4.75. The quantitative estimate of drug-likeness (QED) is 0.775. The van der Waals surface area contributed by atoms with Crippen LogP contribution < -0.4 is 4.90 Å². The zero-order chi connectivity index (χ0) is 18.0. The second-order valence-electron chi connectivity index (χ2n) is 6.02. The summed E-state index contributed by atoms with van der Waals surface area (Å²) in [6, 6.07) is 1.27. The van der Waals surface area contributed by atoms with Crippen molar-refractivity contribution in [3.63, 3.8) is 0 Å². The lowest BCUT2D eigenvalue weighted by Gasteiger charge is -2.21. The summed E-state index contributed by atoms with van der Waals surface area (Å²) in [5, 5.41) is 0. The monoisotopic (exact) mass is 342 g/mol. The van der Waals surface area contributed by atoms with Gasteiger partial charge >= 0.3 is 5.97 Å². The third-order valence-electron chi connectivity index (χ3n) is 3.01. The molecule has 0 aliphatic carbocycles. The number of carbonyl (C=O) groups is 2. The van der Waals surface area contributed by atoms with Crippen LogP contribution in [0.4, 0.5) is 5.69 Å². The Labute approximate surface area is 136 Å². The number of pyridine rings is 1. The van der Waals surface area contributed by atoms with E-state index in [1.165, 1.54) is 38.1 Å². The Morgan fingerprint density at radius 1 is 1.30 bits per heavy atom. The first-order valence-electron chi connectivity index (χ1n) is 7.09. The fraction of sp³-hybridized carbons (Fsp3) is 0.533. The van der Waals surface area contributed by atoms with Gasteiger partial charge in [-0.05, 0) is 26.8 Å². The SMILES string of the molecule is CCS(=O)(=O)c1cc(N(C)C(C)=O)cnc1C(=O)OC(C)(C)C. The van der Waals surface area contributed by atoms with E-state index in [-0.39, 0.29) is 27.9 Å². The summed E-state index contributed by atoms with van der Waals surface area (Å²) < 4.78 is 29.8. The predicted octanol–water partition coefficient (Wildman–Crippen LogP) is 1.81. The molecule has 0 aliphatic rings. The highest BCUT2D eigenvalue weighted by atomic mass is 32.2. The van der Waals surface area contributed by atoms with Crippen molar-refractivity contribution in [2.75, 3.05) is 17.7 Å². The van der Waals surface area contributed by atoms with Crippen LogP contribution in [-0.2, 0) is 19.4 Å². The van der Waals surface area contributed by atoms with Gasteiger partial charge < -0.3 is 9.64 Å². The van der Waals surface area contributed by atoms with Gasteiger partial charge in [-0.15, -0.1) is 0 Å². The summed E-state index contributed by atoms with van der Waals surface area (Å²) in [4.78, 5) is 28.6. The average molecular weight is 342 g/mol. The second-order valence-corrected chi connectivity index (χ2v) is 8.27. The van der Waals surface area contributed by atoms with Crippen LogP contribution in [0.1, 0.15) is 45.1 Å². The Bertz CT molecular complexity index is 720. The number of rotatable bonds is 4. The van der Waals surface area contributed by atoms with Crippen molar-refractivity contribution in [3.8, 4) is 0 Å². The number of ether oxygens (including phenoxy) is 1. The molecule has 8 heteroatoms. The van der Waals surface area contributed by atoms with Gasteiger partial charge in [0.1, 0.15) is 10.5 Å². The molecule has 0 aliphatic heterocycles. The van der Waals surface area contributed by atoms with Crippen LogP contribution in [0.25, 0.3) is 0 Å². The summed E-state index contributed by atoms with van der Waals surface area (Å²) >= 11 is 0. The van der Waals surface area contributed by atoms with Crippen LogP contribution >= 0.6 is 0 Å². The molecule has 1 aromatic rings. The van der Waals surface area contributed by atoms with E-state index < -0.39 is 21.4 Å². The molecule has 0 atom stereocenters. The average Bonchev–Trinajstić information content (AvgIpc) is 2.43. The van der Waals surface area contributed by atoms with Gasteiger partial charge in [0.05, 0.1) is 17.6 Å². The summed E-state index contributed by atoms with van der Waals surface area (Å²) in [6.07, 6.45) is 1.27. The zero-order valence-electron chi connectivity index (χ0n) is 14.2. The molecule has 0 aromatic carbocycles. The lowest BCUT2D eigenvalue weighted by molar-refractivity contribution is -0.116. The lowest BCUT2D eigenvalue weighted by atomic mass is 10.2. The summed E-state index contributed by atoms with van der Waals surface area (Å²) in [5.74, 6) is -1.30. The van der Waals surface area contributed by atoms with Gasteiger partial charge in [0.15, 0.2) is 15.5 Å². The molecule has 1 heterocycles. The van der Waals surface area contributed by atoms with E-state index in [2.05, 4.69) is 4.98 Å². The van der Waals surface area contributed by atoms with Crippen LogP contribution in [-0.4, -0.2) is 43.7 Å². The maximum Gasteiger partial charge on any atom is 0.358 e. The largest absolute Gasteiger partial charge is 0.455 e. The minimum Gasteiger partial charge on any atom is -0.455 e. The molecule has 0 N–H and O–H groups in total. The summed E-state index contributed by atoms with van der Waals surface area (Å²) in [7, 11) is -2.22. The Morgan fingerprint density at radius 2 is 1.87 bits per heavy atom. The van der Waals surface area contributed by atoms with Gasteiger partial charge in [-0.25, -0.2) is 18.2 Å². The first-order chi connectivity index (χ1) is 10.4. The molecule has 1 amide bonds. The molecule has 0 bridgehead atoms. The van der Waals surface area contributed by atoms with E-state index in [0.717, 1.165) is 0 Å². The highest BCUT2D eigenvalue weighted by Crippen LogP contribution is 2.24. The predicted molar refractivity (Wildman–Crippen MR) is 86.2 cm³/mol. The fourth-order valence-corrected chi connectivity index (χ4v) is 2.71. The molecule has 0 saturated carbocycles. The normalized spacial score (nSPS) is 11.9. The Balaban J connectivity index is 3.48. The smallest absolute Gasteiger partial charge is 0.358 e. The molecule has 7 nitrogen and oxygen atoms in total. The Morgan fingerprint density at radius 3 is 2.30 bits per heavy atom. The van der Waals surface area contributed by atoms with Crippen LogP contribution in [0.3, 0.4) is 0 Å². The maximum absolute atomic E-state index is 12.3. The molecule has 0 fully saturated rings. The number of amides is 1. The van der Waals surface area contributed by atoms with Gasteiger partial charge in [0.25, 0.3) is 0 Å². The molecule has 0 spiro atoms. The summed E-state index contributed by atoms with van der Waals surface area (Å²) in [5.41, 5.74) is -0.764. The molecule has 1 rings (SSSR count). The number of aromatic nitrogens is 1.